The maximum Gasteiger partial charge on any atom is 0.148 e. The van der Waals surface area contributed by atoms with E-state index in [-0.39, 0.29) is 16.4 Å². The summed E-state index contributed by atoms with van der Waals surface area (Å²) in [4.78, 5) is 9.75. The van der Waals surface area contributed by atoms with E-state index in [9.17, 15) is 0 Å². The molecule has 2 N–H and O–H groups in total. The first-order valence-corrected chi connectivity index (χ1v) is 8.22. The predicted molar refractivity (Wildman–Crippen MR) is 88.4 cm³/mol. The molecule has 0 aromatic carbocycles. The topological polar surface area (TPSA) is 51.8 Å². The molecule has 3 nitrogen and oxygen atoms in total. The van der Waals surface area contributed by atoms with Gasteiger partial charge < -0.3 is 5.73 Å². The number of aromatic nitrogens is 2. The summed E-state index contributed by atoms with van der Waals surface area (Å²) in [6, 6.07) is 2.16. The van der Waals surface area contributed by atoms with E-state index in [4.69, 9.17) is 15.7 Å². The average Bonchev–Trinajstić information content (AvgIpc) is 2.37. The molecule has 1 aromatic heterocycles. The first kappa shape index (κ1) is 16.4. The van der Waals surface area contributed by atoms with Gasteiger partial charge in [0.2, 0.25) is 0 Å². The van der Waals surface area contributed by atoms with Crippen molar-refractivity contribution in [1.29, 1.82) is 0 Å². The SMILES string of the molecule is CC(C)(C)c1cc(C(C)(C)C)nc(C2(N)CCCCC2)n1. The van der Waals surface area contributed by atoms with Crippen molar-refractivity contribution >= 4 is 0 Å². The summed E-state index contributed by atoms with van der Waals surface area (Å²) in [7, 11) is 0. The summed E-state index contributed by atoms with van der Waals surface area (Å²) < 4.78 is 0. The van der Waals surface area contributed by atoms with Crippen molar-refractivity contribution in [2.24, 2.45) is 5.73 Å². The Bertz CT molecular complexity index is 468. The molecule has 21 heavy (non-hydrogen) atoms. The molecule has 0 radical (unpaired) electrons. The van der Waals surface area contributed by atoms with Crippen LogP contribution in [-0.4, -0.2) is 9.97 Å². The maximum absolute atomic E-state index is 6.68. The first-order valence-electron chi connectivity index (χ1n) is 8.22. The molecule has 118 valence electrons. The number of nitrogens with zero attached hydrogens (tertiary/aromatic N) is 2. The second kappa shape index (κ2) is 5.35. The highest BCUT2D eigenvalue weighted by molar-refractivity contribution is 5.25. The summed E-state index contributed by atoms with van der Waals surface area (Å²) in [6.45, 7) is 13.2. The predicted octanol–water partition coefficient (Wildman–Crippen LogP) is 4.19. The summed E-state index contributed by atoms with van der Waals surface area (Å²) >= 11 is 0. The van der Waals surface area contributed by atoms with Gasteiger partial charge in [0.15, 0.2) is 0 Å². The molecule has 2 rings (SSSR count). The monoisotopic (exact) mass is 289 g/mol. The molecule has 0 atom stereocenters. The van der Waals surface area contributed by atoms with Crippen LogP contribution < -0.4 is 5.73 Å². The van der Waals surface area contributed by atoms with Gasteiger partial charge in [-0.25, -0.2) is 9.97 Å². The van der Waals surface area contributed by atoms with Gasteiger partial charge in [-0.2, -0.15) is 0 Å². The zero-order chi connectivity index (χ0) is 15.9. The Morgan fingerprint density at radius 2 is 1.29 bits per heavy atom. The van der Waals surface area contributed by atoms with Crippen LogP contribution in [0.3, 0.4) is 0 Å². The molecule has 1 heterocycles. The van der Waals surface area contributed by atoms with E-state index >= 15 is 0 Å². The molecule has 0 bridgehead atoms. The zero-order valence-electron chi connectivity index (χ0n) is 14.6. The second-order valence-electron chi connectivity index (χ2n) is 8.68. The minimum absolute atomic E-state index is 0.0166. The highest BCUT2D eigenvalue weighted by Gasteiger charge is 2.34. The van der Waals surface area contributed by atoms with Crippen LogP contribution in [0, 0.1) is 0 Å². The highest BCUT2D eigenvalue weighted by atomic mass is 15.0. The molecule has 1 fully saturated rings. The fourth-order valence-corrected chi connectivity index (χ4v) is 2.84. The van der Waals surface area contributed by atoms with Crippen LogP contribution >= 0.6 is 0 Å². The number of rotatable bonds is 1. The van der Waals surface area contributed by atoms with Crippen molar-refractivity contribution in [2.45, 2.75) is 90.0 Å². The number of hydrogen-bond donors (Lipinski definition) is 1. The van der Waals surface area contributed by atoms with E-state index < -0.39 is 0 Å². The Balaban J connectivity index is 2.55. The van der Waals surface area contributed by atoms with E-state index in [1.165, 1.54) is 19.3 Å². The van der Waals surface area contributed by atoms with Gasteiger partial charge in [-0.1, -0.05) is 60.8 Å². The van der Waals surface area contributed by atoms with Gasteiger partial charge in [0.1, 0.15) is 5.82 Å². The lowest BCUT2D eigenvalue weighted by molar-refractivity contribution is 0.283. The van der Waals surface area contributed by atoms with Gasteiger partial charge in [0.25, 0.3) is 0 Å². The maximum atomic E-state index is 6.68. The summed E-state index contributed by atoms with van der Waals surface area (Å²) in [6.07, 6.45) is 5.66. The highest BCUT2D eigenvalue weighted by Crippen LogP contribution is 2.35. The lowest BCUT2D eigenvalue weighted by Crippen LogP contribution is -2.41. The molecule has 0 aliphatic heterocycles. The summed E-state index contributed by atoms with van der Waals surface area (Å²) in [5.41, 5.74) is 8.59. The van der Waals surface area contributed by atoms with Crippen LogP contribution in [0.15, 0.2) is 6.07 Å². The van der Waals surface area contributed by atoms with Crippen molar-refractivity contribution in [3.05, 3.63) is 23.3 Å². The fourth-order valence-electron chi connectivity index (χ4n) is 2.84. The van der Waals surface area contributed by atoms with Crippen molar-refractivity contribution in [2.75, 3.05) is 0 Å². The van der Waals surface area contributed by atoms with Crippen LogP contribution in [0.25, 0.3) is 0 Å². The van der Waals surface area contributed by atoms with Gasteiger partial charge in [-0.15, -0.1) is 0 Å². The summed E-state index contributed by atoms with van der Waals surface area (Å²) in [5.74, 6) is 0.861. The lowest BCUT2D eigenvalue weighted by atomic mass is 9.80. The van der Waals surface area contributed by atoms with E-state index in [1.807, 2.05) is 0 Å². The average molecular weight is 289 g/mol. The van der Waals surface area contributed by atoms with Crippen molar-refractivity contribution in [1.82, 2.24) is 9.97 Å². The quantitative estimate of drug-likeness (QED) is 0.843. The molecule has 3 heteroatoms. The third-order valence-corrected chi connectivity index (χ3v) is 4.45. The third-order valence-electron chi connectivity index (χ3n) is 4.45. The molecule has 0 unspecified atom stereocenters. The van der Waals surface area contributed by atoms with E-state index in [0.717, 1.165) is 30.1 Å². The molecular formula is C18H31N3. The first-order chi connectivity index (χ1) is 9.52. The van der Waals surface area contributed by atoms with Crippen molar-refractivity contribution in [3.8, 4) is 0 Å². The summed E-state index contributed by atoms with van der Waals surface area (Å²) in [5, 5.41) is 0. The van der Waals surface area contributed by atoms with E-state index in [2.05, 4.69) is 47.6 Å². The Morgan fingerprint density at radius 3 is 1.67 bits per heavy atom. The molecule has 0 amide bonds. The van der Waals surface area contributed by atoms with Crippen molar-refractivity contribution in [3.63, 3.8) is 0 Å². The van der Waals surface area contributed by atoms with E-state index in [0.29, 0.717) is 0 Å². The molecule has 0 saturated heterocycles. The smallest absolute Gasteiger partial charge is 0.148 e. The molecule has 1 saturated carbocycles. The standard InChI is InChI=1S/C18H31N3/c1-16(2,3)13-12-14(17(4,5)6)21-15(20-13)18(19)10-8-7-9-11-18/h12H,7-11,19H2,1-6H3. The van der Waals surface area contributed by atoms with Gasteiger partial charge in [-0.05, 0) is 18.9 Å². The second-order valence-corrected chi connectivity index (χ2v) is 8.68. The van der Waals surface area contributed by atoms with Crippen LogP contribution in [0.1, 0.15) is 90.9 Å². The molecule has 1 aliphatic rings. The minimum atomic E-state index is -0.334. The zero-order valence-corrected chi connectivity index (χ0v) is 14.6. The van der Waals surface area contributed by atoms with Crippen LogP contribution in [0.4, 0.5) is 0 Å². The van der Waals surface area contributed by atoms with Crippen LogP contribution in [0.2, 0.25) is 0 Å². The van der Waals surface area contributed by atoms with Gasteiger partial charge in [0.05, 0.1) is 5.54 Å². The van der Waals surface area contributed by atoms with E-state index in [1.54, 1.807) is 0 Å². The molecule has 1 aliphatic carbocycles. The van der Waals surface area contributed by atoms with Gasteiger partial charge in [-0.3, -0.25) is 0 Å². The van der Waals surface area contributed by atoms with Crippen LogP contribution in [-0.2, 0) is 16.4 Å². The van der Waals surface area contributed by atoms with Crippen LogP contribution in [0.5, 0.6) is 0 Å². The Labute approximate surface area is 129 Å². The third kappa shape index (κ3) is 3.63. The number of hydrogen-bond acceptors (Lipinski definition) is 3. The Morgan fingerprint density at radius 1 is 0.857 bits per heavy atom. The normalized spacial score (nSPS) is 19.6. The van der Waals surface area contributed by atoms with Gasteiger partial charge in [0, 0.05) is 22.2 Å². The molecular weight excluding hydrogens is 258 g/mol. The molecule has 0 spiro atoms. The fraction of sp³-hybridized carbons (Fsp3) is 0.778. The minimum Gasteiger partial charge on any atom is -0.319 e. The van der Waals surface area contributed by atoms with Crippen molar-refractivity contribution < 1.29 is 0 Å². The number of nitrogens with two attached hydrogens (primary N) is 1. The van der Waals surface area contributed by atoms with Gasteiger partial charge >= 0.3 is 0 Å². The lowest BCUT2D eigenvalue weighted by Gasteiger charge is -2.34. The Kier molecular flexibility index (Phi) is 4.18. The largest absolute Gasteiger partial charge is 0.319 e. The Hall–Kier alpha value is -0.960. The molecule has 1 aromatic rings.